The van der Waals surface area contributed by atoms with Crippen molar-refractivity contribution in [3.8, 4) is 0 Å². The van der Waals surface area contributed by atoms with Gasteiger partial charge in [-0.25, -0.2) is 4.39 Å². The minimum absolute atomic E-state index is 0.361. The standard InChI is InChI=1S/C22H24FNO5S.C7H14O5/c1-24-16-9-15(23)12(7-13-6-11-4-2-3-5-18(11)30-13)8-14(16)22-21(28)20(27)19(26)17(10-25)29-22;1-3-5(9)7(11)6(10)4(2-8)12-3/h2-6,8-9,17,19-22,24-28H,7,10H2,1H3;3-11H,2H2,1H3/t17-,19-,20+,21-,22+;3-,4+,5-,6+,7+/m10/s1. The quantitative estimate of drug-likeness (QED) is 0.183. The van der Waals surface area contributed by atoms with Crippen molar-refractivity contribution in [2.24, 2.45) is 0 Å². The summed E-state index contributed by atoms with van der Waals surface area (Å²) in [6.07, 6.45) is -11.0. The Labute approximate surface area is 246 Å². The molecule has 2 saturated heterocycles. The summed E-state index contributed by atoms with van der Waals surface area (Å²) in [5.41, 5.74) is 1.27. The molecule has 42 heavy (non-hydrogen) atoms. The molecule has 2 aromatic carbocycles. The van der Waals surface area contributed by atoms with Gasteiger partial charge in [-0.1, -0.05) is 18.2 Å². The van der Waals surface area contributed by atoms with Crippen LogP contribution in [-0.2, 0) is 15.9 Å². The van der Waals surface area contributed by atoms with Gasteiger partial charge >= 0.3 is 0 Å². The molecule has 0 bridgehead atoms. The van der Waals surface area contributed by atoms with Crippen molar-refractivity contribution in [1.29, 1.82) is 0 Å². The molecular weight excluding hydrogens is 573 g/mol. The molecule has 10 atom stereocenters. The maximum atomic E-state index is 14.8. The Morgan fingerprint density at radius 2 is 1.43 bits per heavy atom. The van der Waals surface area contributed by atoms with Crippen molar-refractivity contribution in [1.82, 2.24) is 0 Å². The summed E-state index contributed by atoms with van der Waals surface area (Å²) in [5, 5.41) is 80.5. The fourth-order valence-electron chi connectivity index (χ4n) is 5.18. The second-order valence-electron chi connectivity index (χ2n) is 10.5. The van der Waals surface area contributed by atoms with Crippen molar-refractivity contribution in [3.63, 3.8) is 0 Å². The van der Waals surface area contributed by atoms with E-state index in [1.165, 1.54) is 6.07 Å². The molecule has 1 aromatic heterocycles. The van der Waals surface area contributed by atoms with Crippen LogP contribution in [0.25, 0.3) is 10.1 Å². The maximum absolute atomic E-state index is 14.8. The number of fused-ring (bicyclic) bond motifs is 1. The molecular formula is C29H38FNO10S. The average Bonchev–Trinajstić information content (AvgIpc) is 3.40. The van der Waals surface area contributed by atoms with Gasteiger partial charge in [-0.05, 0) is 42.1 Å². The third kappa shape index (κ3) is 6.77. The Balaban J connectivity index is 0.000000283. The Morgan fingerprint density at radius 3 is 2.05 bits per heavy atom. The molecule has 13 heteroatoms. The molecule has 0 saturated carbocycles. The molecule has 5 rings (SSSR count). The molecule has 2 aliphatic rings. The molecule has 2 fully saturated rings. The van der Waals surface area contributed by atoms with Crippen LogP contribution in [0.3, 0.4) is 0 Å². The molecule has 0 unspecified atom stereocenters. The minimum Gasteiger partial charge on any atom is -0.394 e. The highest BCUT2D eigenvalue weighted by Gasteiger charge is 2.45. The number of aliphatic hydroxyl groups excluding tert-OH is 8. The highest BCUT2D eigenvalue weighted by atomic mass is 32.1. The predicted molar refractivity (Wildman–Crippen MR) is 153 cm³/mol. The third-order valence-electron chi connectivity index (χ3n) is 7.66. The number of thiophene rings is 1. The average molecular weight is 612 g/mol. The Hall–Kier alpha value is -2.27. The number of rotatable bonds is 6. The van der Waals surface area contributed by atoms with Gasteiger partial charge < -0.3 is 55.6 Å². The van der Waals surface area contributed by atoms with Gasteiger partial charge in [-0.2, -0.15) is 0 Å². The summed E-state index contributed by atoms with van der Waals surface area (Å²) in [4.78, 5) is 0.993. The monoisotopic (exact) mass is 611 g/mol. The highest BCUT2D eigenvalue weighted by molar-refractivity contribution is 7.19. The van der Waals surface area contributed by atoms with E-state index in [-0.39, 0.29) is 6.61 Å². The van der Waals surface area contributed by atoms with Gasteiger partial charge in [0.2, 0.25) is 0 Å². The first-order chi connectivity index (χ1) is 20.0. The molecule has 9 N–H and O–H groups in total. The first kappa shape index (κ1) is 32.6. The molecule has 3 aromatic rings. The highest BCUT2D eigenvalue weighted by Crippen LogP contribution is 2.38. The molecule has 0 aliphatic carbocycles. The minimum atomic E-state index is -1.50. The van der Waals surface area contributed by atoms with E-state index in [2.05, 4.69) is 5.32 Å². The van der Waals surface area contributed by atoms with Crippen molar-refractivity contribution in [3.05, 3.63) is 64.3 Å². The lowest BCUT2D eigenvalue weighted by molar-refractivity contribution is -0.231. The van der Waals surface area contributed by atoms with E-state index in [0.29, 0.717) is 23.2 Å². The Kier molecular flexibility index (Phi) is 10.9. The van der Waals surface area contributed by atoms with Crippen LogP contribution in [0.4, 0.5) is 10.1 Å². The van der Waals surface area contributed by atoms with Crippen LogP contribution in [0.1, 0.15) is 29.0 Å². The second-order valence-corrected chi connectivity index (χ2v) is 11.7. The van der Waals surface area contributed by atoms with Crippen LogP contribution < -0.4 is 5.32 Å². The van der Waals surface area contributed by atoms with Gasteiger partial charge in [0.25, 0.3) is 0 Å². The number of aliphatic hydroxyl groups is 8. The number of hydrogen-bond donors (Lipinski definition) is 9. The number of halogens is 1. The second kappa shape index (κ2) is 14.0. The van der Waals surface area contributed by atoms with Crippen molar-refractivity contribution < 1.29 is 54.7 Å². The van der Waals surface area contributed by atoms with Crippen LogP contribution in [0, 0.1) is 5.82 Å². The van der Waals surface area contributed by atoms with Gasteiger partial charge in [0.15, 0.2) is 0 Å². The normalized spacial score (nSPS) is 33.2. The van der Waals surface area contributed by atoms with Gasteiger partial charge in [0.1, 0.15) is 60.8 Å². The first-order valence-corrected chi connectivity index (χ1v) is 14.4. The van der Waals surface area contributed by atoms with E-state index in [4.69, 9.17) is 14.6 Å². The van der Waals surface area contributed by atoms with Crippen molar-refractivity contribution in [2.75, 3.05) is 25.6 Å². The summed E-state index contributed by atoms with van der Waals surface area (Å²) < 4.78 is 26.7. The largest absolute Gasteiger partial charge is 0.394 e. The number of nitrogens with one attached hydrogen (secondary N) is 1. The number of benzene rings is 2. The van der Waals surface area contributed by atoms with Gasteiger partial charge in [0, 0.05) is 34.3 Å². The number of anilines is 1. The van der Waals surface area contributed by atoms with Crippen LogP contribution in [0.2, 0.25) is 0 Å². The van der Waals surface area contributed by atoms with Gasteiger partial charge in [-0.3, -0.25) is 0 Å². The summed E-state index contributed by atoms with van der Waals surface area (Å²) in [6.45, 7) is 0.684. The van der Waals surface area contributed by atoms with E-state index < -0.39 is 73.5 Å². The molecule has 232 valence electrons. The first-order valence-electron chi connectivity index (χ1n) is 13.6. The van der Waals surface area contributed by atoms with E-state index >= 15 is 0 Å². The van der Waals surface area contributed by atoms with E-state index in [9.17, 15) is 40.1 Å². The fourth-order valence-corrected chi connectivity index (χ4v) is 6.27. The number of hydrogen-bond acceptors (Lipinski definition) is 12. The molecule has 0 spiro atoms. The lowest BCUT2D eigenvalue weighted by atomic mass is 9.89. The van der Waals surface area contributed by atoms with Crippen LogP contribution >= 0.6 is 11.3 Å². The zero-order chi connectivity index (χ0) is 30.7. The van der Waals surface area contributed by atoms with Gasteiger partial charge in [-0.15, -0.1) is 11.3 Å². The third-order valence-corrected chi connectivity index (χ3v) is 8.78. The van der Waals surface area contributed by atoms with Crippen LogP contribution in [-0.4, -0.2) is 116 Å². The zero-order valence-corrected chi connectivity index (χ0v) is 23.9. The molecule has 3 heterocycles. The van der Waals surface area contributed by atoms with Gasteiger partial charge in [0.05, 0.1) is 19.3 Å². The fraction of sp³-hybridized carbons (Fsp3) is 0.517. The maximum Gasteiger partial charge on any atom is 0.128 e. The van der Waals surface area contributed by atoms with E-state index in [0.717, 1.165) is 15.0 Å². The van der Waals surface area contributed by atoms with E-state index in [1.807, 2.05) is 30.3 Å². The predicted octanol–water partition coefficient (Wildman–Crippen LogP) is 0.0365. The topological polar surface area (TPSA) is 192 Å². The van der Waals surface area contributed by atoms with Crippen LogP contribution in [0.15, 0.2) is 42.5 Å². The zero-order valence-electron chi connectivity index (χ0n) is 23.1. The molecule has 2 aliphatic heterocycles. The summed E-state index contributed by atoms with van der Waals surface area (Å²) in [5.74, 6) is -0.398. The summed E-state index contributed by atoms with van der Waals surface area (Å²) >= 11 is 1.59. The van der Waals surface area contributed by atoms with E-state index in [1.54, 1.807) is 31.4 Å². The molecule has 11 nitrogen and oxygen atoms in total. The number of ether oxygens (including phenoxy) is 2. The van der Waals surface area contributed by atoms with Crippen molar-refractivity contribution in [2.45, 2.75) is 74.4 Å². The lowest BCUT2D eigenvalue weighted by Gasteiger charge is -2.40. The molecule has 0 radical (unpaired) electrons. The summed E-state index contributed by atoms with van der Waals surface area (Å²) in [7, 11) is 1.62. The van der Waals surface area contributed by atoms with Crippen molar-refractivity contribution >= 4 is 27.1 Å². The smallest absolute Gasteiger partial charge is 0.128 e. The Morgan fingerprint density at radius 1 is 0.810 bits per heavy atom. The Bertz CT molecular complexity index is 1290. The molecule has 0 amide bonds. The summed E-state index contributed by atoms with van der Waals surface area (Å²) in [6, 6.07) is 12.9. The lowest BCUT2D eigenvalue weighted by Crippen LogP contribution is -2.57. The SMILES string of the molecule is CNc1cc(F)c(Cc2cc3ccccc3s2)cc1[C@@H]1O[C@H](CO)[C@@H](O)[C@H](O)[C@H]1O.C[C@@H]1O[C@H](CO)[C@@H](O)[C@H](O)[C@H]1O. The van der Waals surface area contributed by atoms with Crippen LogP contribution in [0.5, 0.6) is 0 Å².